The van der Waals surface area contributed by atoms with Crippen molar-refractivity contribution in [3.8, 4) is 0 Å². The Labute approximate surface area is 166 Å². The van der Waals surface area contributed by atoms with Gasteiger partial charge in [-0.15, -0.1) is 0 Å². The minimum atomic E-state index is -1.74. The van der Waals surface area contributed by atoms with Gasteiger partial charge in [0.1, 0.15) is 11.7 Å². The first-order valence-corrected chi connectivity index (χ1v) is 13.6. The Morgan fingerprint density at radius 3 is 2.44 bits per heavy atom. The molecule has 3 aliphatic heterocycles. The molecule has 158 valence electrons. The third-order valence-electron chi connectivity index (χ3n) is 7.33. The molecular weight excluding hydrogens is 360 g/mol. The topological polar surface area (TPSA) is 60.5 Å². The van der Waals surface area contributed by atoms with Gasteiger partial charge in [-0.1, -0.05) is 27.7 Å². The van der Waals surface area contributed by atoms with Crippen LogP contribution in [0, 0.1) is 5.92 Å². The van der Waals surface area contributed by atoms with E-state index in [0.717, 1.165) is 38.7 Å². The highest BCUT2D eigenvalue weighted by molar-refractivity contribution is 6.74. The maximum absolute atomic E-state index is 9.47. The van der Waals surface area contributed by atoms with E-state index in [4.69, 9.17) is 18.6 Å². The number of epoxide rings is 1. The molecule has 0 radical (unpaired) electrons. The van der Waals surface area contributed by atoms with Crippen molar-refractivity contribution < 1.29 is 23.7 Å². The van der Waals surface area contributed by atoms with Crippen LogP contribution in [0.5, 0.6) is 0 Å². The van der Waals surface area contributed by atoms with Gasteiger partial charge in [0, 0.05) is 25.4 Å². The molecule has 0 aromatic carbocycles. The number of aliphatic hydroxyl groups excluding tert-OH is 1. The predicted molar refractivity (Wildman–Crippen MR) is 108 cm³/mol. The highest BCUT2D eigenvalue weighted by atomic mass is 28.4. The average molecular weight is 401 g/mol. The SMILES string of the molecule is C[C@@H](CO[Si](C)(C)C(C)(C)C)[C@@H]1CCC[C@]2(CC[C@@H]([C@@H]3O[C@@]3(C)CO)O2)O1. The van der Waals surface area contributed by atoms with Gasteiger partial charge >= 0.3 is 0 Å². The third-order valence-corrected chi connectivity index (χ3v) is 11.8. The van der Waals surface area contributed by atoms with Gasteiger partial charge in [0.05, 0.1) is 18.8 Å². The lowest BCUT2D eigenvalue weighted by atomic mass is 9.92. The summed E-state index contributed by atoms with van der Waals surface area (Å²) in [6.45, 7) is 16.5. The molecule has 27 heavy (non-hydrogen) atoms. The van der Waals surface area contributed by atoms with Crippen molar-refractivity contribution in [1.29, 1.82) is 0 Å². The highest BCUT2D eigenvalue weighted by Crippen LogP contribution is 2.49. The Balaban J connectivity index is 1.54. The summed E-state index contributed by atoms with van der Waals surface area (Å²) in [6.07, 6.45) is 5.26. The largest absolute Gasteiger partial charge is 0.416 e. The van der Waals surface area contributed by atoms with Crippen molar-refractivity contribution in [1.82, 2.24) is 0 Å². The van der Waals surface area contributed by atoms with Gasteiger partial charge < -0.3 is 23.7 Å². The van der Waals surface area contributed by atoms with Gasteiger partial charge in [0.25, 0.3) is 0 Å². The van der Waals surface area contributed by atoms with E-state index in [1.165, 1.54) is 0 Å². The fraction of sp³-hybridized carbons (Fsp3) is 1.00. The highest BCUT2D eigenvalue weighted by Gasteiger charge is 2.60. The second-order valence-corrected chi connectivity index (χ2v) is 15.5. The first-order chi connectivity index (χ1) is 12.4. The second-order valence-electron chi connectivity index (χ2n) is 10.7. The molecule has 3 fully saturated rings. The van der Waals surface area contributed by atoms with Crippen LogP contribution in [-0.2, 0) is 18.6 Å². The smallest absolute Gasteiger partial charge is 0.191 e. The summed E-state index contributed by atoms with van der Waals surface area (Å²) in [4.78, 5) is 0. The summed E-state index contributed by atoms with van der Waals surface area (Å²) in [6, 6.07) is 0. The lowest BCUT2D eigenvalue weighted by Gasteiger charge is -2.42. The van der Waals surface area contributed by atoms with E-state index < -0.39 is 19.7 Å². The third kappa shape index (κ3) is 4.46. The molecule has 0 amide bonds. The van der Waals surface area contributed by atoms with Crippen molar-refractivity contribution in [3.63, 3.8) is 0 Å². The van der Waals surface area contributed by atoms with E-state index in [1.54, 1.807) is 0 Å². The Kier molecular flexibility index (Phi) is 5.93. The van der Waals surface area contributed by atoms with Gasteiger partial charge in [-0.3, -0.25) is 0 Å². The Morgan fingerprint density at radius 2 is 1.85 bits per heavy atom. The number of ether oxygens (including phenoxy) is 3. The van der Waals surface area contributed by atoms with Crippen molar-refractivity contribution in [3.05, 3.63) is 0 Å². The van der Waals surface area contributed by atoms with Crippen molar-refractivity contribution in [2.24, 2.45) is 5.92 Å². The molecular formula is C21H40O5Si. The van der Waals surface area contributed by atoms with Gasteiger partial charge in [0.2, 0.25) is 0 Å². The van der Waals surface area contributed by atoms with Gasteiger partial charge in [-0.2, -0.15) is 0 Å². The fourth-order valence-corrected chi connectivity index (χ4v) is 5.24. The van der Waals surface area contributed by atoms with Crippen LogP contribution < -0.4 is 0 Å². The van der Waals surface area contributed by atoms with E-state index in [0.29, 0.717) is 5.92 Å². The van der Waals surface area contributed by atoms with Crippen LogP contribution in [0.1, 0.15) is 66.7 Å². The first kappa shape index (κ1) is 21.7. The van der Waals surface area contributed by atoms with E-state index in [-0.39, 0.29) is 30.0 Å². The van der Waals surface area contributed by atoms with Crippen LogP contribution >= 0.6 is 0 Å². The Bertz CT molecular complexity index is 533. The van der Waals surface area contributed by atoms with Crippen LogP contribution in [0.2, 0.25) is 18.1 Å². The van der Waals surface area contributed by atoms with Crippen molar-refractivity contribution in [2.75, 3.05) is 13.2 Å². The summed E-state index contributed by atoms with van der Waals surface area (Å²) in [7, 11) is -1.74. The minimum Gasteiger partial charge on any atom is -0.416 e. The van der Waals surface area contributed by atoms with Crippen LogP contribution in [0.15, 0.2) is 0 Å². The zero-order valence-corrected chi connectivity index (χ0v) is 19.3. The molecule has 0 saturated carbocycles. The molecule has 6 heteroatoms. The molecule has 1 spiro atoms. The quantitative estimate of drug-likeness (QED) is 0.534. The van der Waals surface area contributed by atoms with E-state index in [1.807, 2.05) is 6.92 Å². The van der Waals surface area contributed by atoms with Crippen LogP contribution in [0.3, 0.4) is 0 Å². The molecule has 3 saturated heterocycles. The molecule has 0 aromatic rings. The number of aliphatic hydroxyl groups is 1. The van der Waals surface area contributed by atoms with Gasteiger partial charge in [-0.05, 0) is 44.3 Å². The van der Waals surface area contributed by atoms with Gasteiger partial charge in [0.15, 0.2) is 14.1 Å². The van der Waals surface area contributed by atoms with Gasteiger partial charge in [-0.25, -0.2) is 0 Å². The molecule has 3 aliphatic rings. The van der Waals surface area contributed by atoms with E-state index in [9.17, 15) is 5.11 Å². The normalized spacial score (nSPS) is 41.1. The molecule has 6 atom stereocenters. The average Bonchev–Trinajstić information content (AvgIpc) is 3.13. The van der Waals surface area contributed by atoms with Crippen molar-refractivity contribution >= 4 is 8.32 Å². The molecule has 3 heterocycles. The second kappa shape index (κ2) is 7.37. The van der Waals surface area contributed by atoms with Crippen LogP contribution in [-0.4, -0.2) is 56.3 Å². The fourth-order valence-electron chi connectivity index (χ4n) is 4.12. The minimum absolute atomic E-state index is 0.00481. The van der Waals surface area contributed by atoms with E-state index >= 15 is 0 Å². The summed E-state index contributed by atoms with van der Waals surface area (Å²) in [5, 5.41) is 9.70. The lowest BCUT2D eigenvalue weighted by molar-refractivity contribution is -0.280. The number of rotatable bonds is 6. The summed E-state index contributed by atoms with van der Waals surface area (Å²) >= 11 is 0. The molecule has 0 aliphatic carbocycles. The lowest BCUT2D eigenvalue weighted by Crippen LogP contribution is -2.46. The van der Waals surface area contributed by atoms with Crippen molar-refractivity contribution in [2.45, 2.75) is 115 Å². The molecule has 5 nitrogen and oxygen atoms in total. The van der Waals surface area contributed by atoms with Crippen LogP contribution in [0.4, 0.5) is 0 Å². The molecule has 0 unspecified atom stereocenters. The predicted octanol–water partition coefficient (Wildman–Crippen LogP) is 4.24. The molecule has 3 rings (SSSR count). The Hall–Kier alpha value is 0.0169. The molecule has 0 bridgehead atoms. The molecule has 1 N–H and O–H groups in total. The maximum atomic E-state index is 9.47. The summed E-state index contributed by atoms with van der Waals surface area (Å²) in [5.41, 5.74) is -0.422. The summed E-state index contributed by atoms with van der Waals surface area (Å²) in [5.74, 6) is -0.0972. The molecule has 0 aromatic heterocycles. The monoisotopic (exact) mass is 400 g/mol. The summed E-state index contributed by atoms with van der Waals surface area (Å²) < 4.78 is 25.1. The number of hydrogen-bond donors (Lipinski definition) is 1. The number of hydrogen-bond acceptors (Lipinski definition) is 5. The zero-order valence-electron chi connectivity index (χ0n) is 18.3. The zero-order chi connectivity index (χ0) is 20.1. The first-order valence-electron chi connectivity index (χ1n) is 10.7. The Morgan fingerprint density at radius 1 is 1.15 bits per heavy atom. The van der Waals surface area contributed by atoms with E-state index in [2.05, 4.69) is 40.8 Å². The van der Waals surface area contributed by atoms with Crippen LogP contribution in [0.25, 0.3) is 0 Å². The maximum Gasteiger partial charge on any atom is 0.191 e. The standard InChI is InChI=1S/C21H40O5Si/c1-15(13-23-27(6,7)19(2,3)4)16-9-8-11-21(24-16)12-10-17(25-21)18-20(5,14-22)26-18/h15-18,22H,8-14H2,1-7H3/t15-,16-,17-,18-,20-,21-/m0/s1.